The summed E-state index contributed by atoms with van der Waals surface area (Å²) in [6.45, 7) is 6.18. The molecular formula is C25H31NO7. The number of rotatable bonds is 7. The Morgan fingerprint density at radius 2 is 2.09 bits per heavy atom. The molecule has 0 radical (unpaired) electrons. The fourth-order valence-corrected chi connectivity index (χ4v) is 4.74. The summed E-state index contributed by atoms with van der Waals surface area (Å²) in [6, 6.07) is 2.46. The second kappa shape index (κ2) is 9.08. The SMILES string of the molecule is CCCCc1cc(=O)oc2c3c(cc(OCC(=O)N4CCC[C@H]4C(=O)O)c12)OC(C)(C)CC3. The van der Waals surface area contributed by atoms with Gasteiger partial charge in [0.15, 0.2) is 6.61 Å². The van der Waals surface area contributed by atoms with Gasteiger partial charge in [0.05, 0.1) is 5.39 Å². The van der Waals surface area contributed by atoms with Crippen LogP contribution in [0.15, 0.2) is 21.3 Å². The summed E-state index contributed by atoms with van der Waals surface area (Å²) in [5, 5.41) is 10.1. The zero-order valence-corrected chi connectivity index (χ0v) is 19.4. The van der Waals surface area contributed by atoms with Gasteiger partial charge >= 0.3 is 11.6 Å². The van der Waals surface area contributed by atoms with Crippen LogP contribution in [0.2, 0.25) is 0 Å². The second-order valence-corrected chi connectivity index (χ2v) is 9.48. The van der Waals surface area contributed by atoms with Crippen LogP contribution in [0.1, 0.15) is 64.0 Å². The molecule has 2 aliphatic rings. The number of ether oxygens (including phenoxy) is 2. The molecule has 1 N–H and O–H groups in total. The van der Waals surface area contributed by atoms with Crippen molar-refractivity contribution in [2.45, 2.75) is 77.4 Å². The zero-order chi connectivity index (χ0) is 23.8. The molecule has 0 unspecified atom stereocenters. The molecule has 0 bridgehead atoms. The average Bonchev–Trinajstić information content (AvgIpc) is 3.25. The molecule has 2 aromatic rings. The Morgan fingerprint density at radius 1 is 1.30 bits per heavy atom. The van der Waals surface area contributed by atoms with Crippen LogP contribution in [0.4, 0.5) is 0 Å². The van der Waals surface area contributed by atoms with Gasteiger partial charge in [-0.25, -0.2) is 9.59 Å². The second-order valence-electron chi connectivity index (χ2n) is 9.48. The smallest absolute Gasteiger partial charge is 0.336 e. The molecule has 0 saturated carbocycles. The number of carboxylic acid groups (broad SMARTS) is 1. The van der Waals surface area contributed by atoms with Gasteiger partial charge in [-0.3, -0.25) is 4.79 Å². The number of nitrogens with zero attached hydrogens (tertiary/aromatic N) is 1. The van der Waals surface area contributed by atoms with E-state index in [1.165, 1.54) is 11.0 Å². The van der Waals surface area contributed by atoms with Gasteiger partial charge in [-0.1, -0.05) is 13.3 Å². The fourth-order valence-electron chi connectivity index (χ4n) is 4.74. The lowest BCUT2D eigenvalue weighted by molar-refractivity contribution is -0.148. The summed E-state index contributed by atoms with van der Waals surface area (Å²) in [7, 11) is 0. The lowest BCUT2D eigenvalue weighted by Gasteiger charge is -2.33. The Hall–Kier alpha value is -3.03. The molecule has 178 valence electrons. The van der Waals surface area contributed by atoms with Crippen molar-refractivity contribution in [3.8, 4) is 11.5 Å². The Bertz CT molecular complexity index is 1130. The van der Waals surface area contributed by atoms with Crippen molar-refractivity contribution in [1.29, 1.82) is 0 Å². The summed E-state index contributed by atoms with van der Waals surface area (Å²) in [4.78, 5) is 38.0. The van der Waals surface area contributed by atoms with Crippen LogP contribution >= 0.6 is 0 Å². The molecule has 8 nitrogen and oxygen atoms in total. The normalized spacial score (nSPS) is 19.2. The maximum atomic E-state index is 12.8. The van der Waals surface area contributed by atoms with E-state index in [4.69, 9.17) is 13.9 Å². The Kier molecular flexibility index (Phi) is 6.36. The number of hydrogen-bond acceptors (Lipinski definition) is 6. The molecule has 2 aliphatic heterocycles. The number of unbranched alkanes of at least 4 members (excludes halogenated alkanes) is 1. The van der Waals surface area contributed by atoms with Crippen LogP contribution in [0, 0.1) is 0 Å². The topological polar surface area (TPSA) is 106 Å². The minimum absolute atomic E-state index is 0.298. The molecular weight excluding hydrogens is 426 g/mol. The highest BCUT2D eigenvalue weighted by Crippen LogP contribution is 2.43. The molecule has 8 heteroatoms. The molecule has 33 heavy (non-hydrogen) atoms. The van der Waals surface area contributed by atoms with Crippen LogP contribution in [0.25, 0.3) is 11.0 Å². The van der Waals surface area contributed by atoms with Crippen molar-refractivity contribution in [3.63, 3.8) is 0 Å². The number of amides is 1. The predicted octanol–water partition coefficient (Wildman–Crippen LogP) is 3.69. The Labute approximate surface area is 192 Å². The third-order valence-electron chi connectivity index (χ3n) is 6.50. The Balaban J connectivity index is 1.73. The van der Waals surface area contributed by atoms with E-state index in [2.05, 4.69) is 6.92 Å². The van der Waals surface area contributed by atoms with Gasteiger partial charge in [0, 0.05) is 24.2 Å². The highest BCUT2D eigenvalue weighted by atomic mass is 16.5. The third kappa shape index (κ3) is 4.70. The number of aryl methyl sites for hydroxylation is 2. The zero-order valence-electron chi connectivity index (χ0n) is 19.4. The van der Waals surface area contributed by atoms with Gasteiger partial charge < -0.3 is 23.9 Å². The van der Waals surface area contributed by atoms with Crippen LogP contribution in [0.3, 0.4) is 0 Å². The van der Waals surface area contributed by atoms with Crippen molar-refractivity contribution in [2.75, 3.05) is 13.2 Å². The maximum absolute atomic E-state index is 12.8. The number of likely N-dealkylation sites (tertiary alicyclic amines) is 1. The number of fused-ring (bicyclic) bond motifs is 3. The lowest BCUT2D eigenvalue weighted by atomic mass is 9.91. The number of carbonyl (C=O) groups excluding carboxylic acids is 1. The van der Waals surface area contributed by atoms with E-state index in [1.54, 1.807) is 6.07 Å². The molecule has 1 fully saturated rings. The molecule has 1 atom stereocenters. The summed E-state index contributed by atoms with van der Waals surface area (Å²) in [5.74, 6) is -0.379. The first-order chi connectivity index (χ1) is 15.7. The van der Waals surface area contributed by atoms with Gasteiger partial charge in [0.2, 0.25) is 0 Å². The van der Waals surface area contributed by atoms with E-state index >= 15 is 0 Å². The lowest BCUT2D eigenvalue weighted by Crippen LogP contribution is -2.42. The van der Waals surface area contributed by atoms with Crippen molar-refractivity contribution in [1.82, 2.24) is 4.90 Å². The van der Waals surface area contributed by atoms with Gasteiger partial charge in [-0.05, 0) is 57.9 Å². The summed E-state index contributed by atoms with van der Waals surface area (Å²) >= 11 is 0. The molecule has 1 saturated heterocycles. The summed E-state index contributed by atoms with van der Waals surface area (Å²) < 4.78 is 17.8. The van der Waals surface area contributed by atoms with Crippen molar-refractivity contribution in [3.05, 3.63) is 33.7 Å². The van der Waals surface area contributed by atoms with Gasteiger partial charge in [0.1, 0.15) is 28.7 Å². The highest BCUT2D eigenvalue weighted by molar-refractivity contribution is 5.92. The highest BCUT2D eigenvalue weighted by Gasteiger charge is 2.35. The minimum atomic E-state index is -1.00. The summed E-state index contributed by atoms with van der Waals surface area (Å²) in [5.41, 5.74) is 1.31. The molecule has 4 rings (SSSR count). The van der Waals surface area contributed by atoms with E-state index in [0.29, 0.717) is 54.7 Å². The van der Waals surface area contributed by atoms with Gasteiger partial charge in [0.25, 0.3) is 5.91 Å². The molecule has 0 spiro atoms. The predicted molar refractivity (Wildman–Crippen MR) is 122 cm³/mol. The number of carboxylic acids is 1. The average molecular weight is 458 g/mol. The largest absolute Gasteiger partial charge is 0.487 e. The van der Waals surface area contributed by atoms with Gasteiger partial charge in [-0.15, -0.1) is 0 Å². The van der Waals surface area contributed by atoms with Gasteiger partial charge in [-0.2, -0.15) is 0 Å². The quantitative estimate of drug-likeness (QED) is 0.632. The van der Waals surface area contributed by atoms with Crippen LogP contribution in [-0.4, -0.2) is 46.7 Å². The van der Waals surface area contributed by atoms with E-state index in [1.807, 2.05) is 13.8 Å². The third-order valence-corrected chi connectivity index (χ3v) is 6.50. The van der Waals surface area contributed by atoms with Crippen molar-refractivity contribution in [2.24, 2.45) is 0 Å². The summed E-state index contributed by atoms with van der Waals surface area (Å²) in [6.07, 6.45) is 5.11. The standard InChI is InChI=1S/C25H31NO7/c1-4-5-7-15-12-21(28)32-23-16-9-10-25(2,3)33-18(16)13-19(22(15)23)31-14-20(27)26-11-6-8-17(26)24(29)30/h12-13,17H,4-11,14H2,1-3H3,(H,29,30)/t17-/m0/s1. The van der Waals surface area contributed by atoms with Crippen LogP contribution in [0.5, 0.6) is 11.5 Å². The van der Waals surface area contributed by atoms with Crippen molar-refractivity contribution < 1.29 is 28.6 Å². The fraction of sp³-hybridized carbons (Fsp3) is 0.560. The van der Waals surface area contributed by atoms with E-state index in [9.17, 15) is 19.5 Å². The van der Waals surface area contributed by atoms with E-state index in [-0.39, 0.29) is 18.1 Å². The van der Waals surface area contributed by atoms with E-state index in [0.717, 1.165) is 30.4 Å². The first-order valence-electron chi connectivity index (χ1n) is 11.7. The number of benzene rings is 1. The number of carbonyl (C=O) groups is 2. The number of hydrogen-bond donors (Lipinski definition) is 1. The van der Waals surface area contributed by atoms with Crippen LogP contribution in [-0.2, 0) is 22.4 Å². The van der Waals surface area contributed by atoms with Crippen molar-refractivity contribution >= 4 is 22.8 Å². The van der Waals surface area contributed by atoms with E-state index < -0.39 is 17.6 Å². The van der Waals surface area contributed by atoms with Crippen LogP contribution < -0.4 is 15.1 Å². The number of aliphatic carboxylic acids is 1. The molecule has 0 aliphatic carbocycles. The molecule has 1 aromatic carbocycles. The Morgan fingerprint density at radius 3 is 2.82 bits per heavy atom. The first-order valence-corrected chi connectivity index (χ1v) is 11.7. The minimum Gasteiger partial charge on any atom is -0.487 e. The molecule has 1 aromatic heterocycles. The molecule has 3 heterocycles. The first kappa shape index (κ1) is 23.1. The maximum Gasteiger partial charge on any atom is 0.336 e. The monoisotopic (exact) mass is 457 g/mol. The molecule has 1 amide bonds.